The van der Waals surface area contributed by atoms with Gasteiger partial charge in [0.05, 0.1) is 15.9 Å². The SMILES string of the molecule is Clc1ccc(Sc2nc3ccccc3s2)c(N2CCCC2)c1. The fourth-order valence-corrected chi connectivity index (χ4v) is 5.10. The molecule has 1 saturated heterocycles. The van der Waals surface area contributed by atoms with Crippen molar-refractivity contribution in [3.8, 4) is 0 Å². The Hall–Kier alpha value is -1.23. The fourth-order valence-electron chi connectivity index (χ4n) is 2.77. The third-order valence-corrected chi connectivity index (χ3v) is 6.24. The molecule has 1 aromatic heterocycles. The van der Waals surface area contributed by atoms with Crippen molar-refractivity contribution in [3.63, 3.8) is 0 Å². The van der Waals surface area contributed by atoms with Gasteiger partial charge in [-0.25, -0.2) is 4.98 Å². The van der Waals surface area contributed by atoms with E-state index in [2.05, 4.69) is 35.2 Å². The summed E-state index contributed by atoms with van der Waals surface area (Å²) < 4.78 is 2.32. The first-order chi connectivity index (χ1) is 10.8. The van der Waals surface area contributed by atoms with Gasteiger partial charge in [-0.15, -0.1) is 11.3 Å². The highest BCUT2D eigenvalue weighted by Crippen LogP contribution is 2.40. The van der Waals surface area contributed by atoms with E-state index in [1.807, 2.05) is 12.1 Å². The van der Waals surface area contributed by atoms with Crippen LogP contribution >= 0.6 is 34.7 Å². The first-order valence-electron chi connectivity index (χ1n) is 7.37. The summed E-state index contributed by atoms with van der Waals surface area (Å²) in [5, 5.41) is 0.801. The van der Waals surface area contributed by atoms with Gasteiger partial charge in [-0.2, -0.15) is 0 Å². The van der Waals surface area contributed by atoms with E-state index in [0.717, 1.165) is 28.0 Å². The summed E-state index contributed by atoms with van der Waals surface area (Å²) in [5.41, 5.74) is 2.32. The van der Waals surface area contributed by atoms with Gasteiger partial charge in [-0.05, 0) is 43.2 Å². The number of fused-ring (bicyclic) bond motifs is 1. The molecule has 5 heteroatoms. The van der Waals surface area contributed by atoms with Crippen molar-refractivity contribution in [2.75, 3.05) is 18.0 Å². The lowest BCUT2D eigenvalue weighted by molar-refractivity contribution is 0.949. The quantitative estimate of drug-likeness (QED) is 0.605. The molecular weight excluding hydrogens is 332 g/mol. The van der Waals surface area contributed by atoms with Gasteiger partial charge in [0.15, 0.2) is 4.34 Å². The largest absolute Gasteiger partial charge is 0.371 e. The fraction of sp³-hybridized carbons (Fsp3) is 0.235. The minimum absolute atomic E-state index is 0.801. The second kappa shape index (κ2) is 6.11. The van der Waals surface area contributed by atoms with Crippen LogP contribution in [0.3, 0.4) is 0 Å². The molecule has 1 aliphatic heterocycles. The van der Waals surface area contributed by atoms with Gasteiger partial charge < -0.3 is 4.90 Å². The standard InChI is InChI=1S/C17H15ClN2S2/c18-12-7-8-16(14(11-12)20-9-3-4-10-20)22-17-19-13-5-1-2-6-15(13)21-17/h1-2,5-8,11H,3-4,9-10H2. The first kappa shape index (κ1) is 14.4. The Morgan fingerprint density at radius 3 is 2.73 bits per heavy atom. The van der Waals surface area contributed by atoms with Crippen LogP contribution in [0.5, 0.6) is 0 Å². The van der Waals surface area contributed by atoms with Gasteiger partial charge in [-0.1, -0.05) is 35.5 Å². The molecular formula is C17H15ClN2S2. The van der Waals surface area contributed by atoms with Crippen LogP contribution in [0.2, 0.25) is 5.02 Å². The maximum absolute atomic E-state index is 6.21. The smallest absolute Gasteiger partial charge is 0.155 e. The van der Waals surface area contributed by atoms with Crippen molar-refractivity contribution in [2.24, 2.45) is 0 Å². The number of aromatic nitrogens is 1. The second-order valence-electron chi connectivity index (χ2n) is 5.36. The Morgan fingerprint density at radius 1 is 1.09 bits per heavy atom. The molecule has 112 valence electrons. The summed E-state index contributed by atoms with van der Waals surface area (Å²) in [5.74, 6) is 0. The molecule has 0 unspecified atom stereocenters. The number of para-hydroxylation sites is 1. The summed E-state index contributed by atoms with van der Waals surface area (Å²) in [4.78, 5) is 8.40. The lowest BCUT2D eigenvalue weighted by Crippen LogP contribution is -2.18. The molecule has 0 amide bonds. The van der Waals surface area contributed by atoms with Crippen molar-refractivity contribution < 1.29 is 0 Å². The summed E-state index contributed by atoms with van der Waals surface area (Å²) in [6, 6.07) is 14.5. The number of halogens is 1. The van der Waals surface area contributed by atoms with E-state index in [1.165, 1.54) is 28.1 Å². The van der Waals surface area contributed by atoms with Gasteiger partial charge in [0.2, 0.25) is 0 Å². The molecule has 0 saturated carbocycles. The predicted octanol–water partition coefficient (Wildman–Crippen LogP) is 5.70. The second-order valence-corrected chi connectivity index (χ2v) is 8.11. The number of thiazole rings is 1. The average molecular weight is 347 g/mol. The molecule has 0 aliphatic carbocycles. The third kappa shape index (κ3) is 2.83. The van der Waals surface area contributed by atoms with E-state index in [9.17, 15) is 0 Å². The Bertz CT molecular complexity index is 776. The highest BCUT2D eigenvalue weighted by atomic mass is 35.5. The molecule has 22 heavy (non-hydrogen) atoms. The number of nitrogens with zero attached hydrogens (tertiary/aromatic N) is 2. The number of hydrogen-bond acceptors (Lipinski definition) is 4. The molecule has 0 radical (unpaired) electrons. The summed E-state index contributed by atoms with van der Waals surface area (Å²) in [7, 11) is 0. The van der Waals surface area contributed by atoms with E-state index >= 15 is 0 Å². The maximum Gasteiger partial charge on any atom is 0.155 e. The zero-order valence-electron chi connectivity index (χ0n) is 12.0. The minimum Gasteiger partial charge on any atom is -0.371 e. The van der Waals surface area contributed by atoms with Crippen molar-refractivity contribution >= 4 is 50.6 Å². The molecule has 2 aromatic carbocycles. The third-order valence-electron chi connectivity index (χ3n) is 3.84. The Kier molecular flexibility index (Phi) is 3.99. The molecule has 2 nitrogen and oxygen atoms in total. The minimum atomic E-state index is 0.801. The topological polar surface area (TPSA) is 16.1 Å². The van der Waals surface area contributed by atoms with Crippen LogP contribution < -0.4 is 4.90 Å². The molecule has 0 spiro atoms. The molecule has 4 rings (SSSR count). The highest BCUT2D eigenvalue weighted by molar-refractivity contribution is 8.01. The van der Waals surface area contributed by atoms with Crippen LogP contribution in [-0.2, 0) is 0 Å². The van der Waals surface area contributed by atoms with Crippen molar-refractivity contribution in [1.29, 1.82) is 0 Å². The van der Waals surface area contributed by atoms with Crippen molar-refractivity contribution in [2.45, 2.75) is 22.1 Å². The lowest BCUT2D eigenvalue weighted by atomic mass is 10.3. The van der Waals surface area contributed by atoms with E-state index in [4.69, 9.17) is 16.6 Å². The summed E-state index contributed by atoms with van der Waals surface area (Å²) >= 11 is 9.70. The summed E-state index contributed by atoms with van der Waals surface area (Å²) in [6.45, 7) is 2.24. The molecule has 2 heterocycles. The number of benzene rings is 2. The van der Waals surface area contributed by atoms with Gasteiger partial charge >= 0.3 is 0 Å². The average Bonchev–Trinajstić information content (AvgIpc) is 3.17. The number of hydrogen-bond donors (Lipinski definition) is 0. The molecule has 3 aromatic rings. The number of anilines is 1. The van der Waals surface area contributed by atoms with Crippen molar-refractivity contribution in [1.82, 2.24) is 4.98 Å². The van der Waals surface area contributed by atoms with Gasteiger partial charge in [0, 0.05) is 23.0 Å². The van der Waals surface area contributed by atoms with Crippen LogP contribution in [0, 0.1) is 0 Å². The summed E-state index contributed by atoms with van der Waals surface area (Å²) in [6.07, 6.45) is 2.52. The normalized spacial score (nSPS) is 14.9. The Labute approximate surface area is 143 Å². The van der Waals surface area contributed by atoms with Crippen LogP contribution in [0.15, 0.2) is 51.7 Å². The number of rotatable bonds is 3. The van der Waals surface area contributed by atoms with Gasteiger partial charge in [0.1, 0.15) is 0 Å². The molecule has 0 bridgehead atoms. The van der Waals surface area contributed by atoms with Crippen LogP contribution in [0.1, 0.15) is 12.8 Å². The van der Waals surface area contributed by atoms with Crippen molar-refractivity contribution in [3.05, 3.63) is 47.5 Å². The van der Waals surface area contributed by atoms with E-state index < -0.39 is 0 Å². The van der Waals surface area contributed by atoms with Gasteiger partial charge in [0.25, 0.3) is 0 Å². The van der Waals surface area contributed by atoms with Crippen LogP contribution in [0.25, 0.3) is 10.2 Å². The molecule has 0 N–H and O–H groups in total. The molecule has 0 atom stereocenters. The lowest BCUT2D eigenvalue weighted by Gasteiger charge is -2.20. The van der Waals surface area contributed by atoms with E-state index in [0.29, 0.717) is 0 Å². The van der Waals surface area contributed by atoms with Gasteiger partial charge in [-0.3, -0.25) is 0 Å². The first-order valence-corrected chi connectivity index (χ1v) is 9.39. The predicted molar refractivity (Wildman–Crippen MR) is 96.6 cm³/mol. The Morgan fingerprint density at radius 2 is 1.91 bits per heavy atom. The van der Waals surface area contributed by atoms with E-state index in [1.54, 1.807) is 23.1 Å². The monoisotopic (exact) mass is 346 g/mol. The molecule has 1 aliphatic rings. The molecule has 1 fully saturated rings. The maximum atomic E-state index is 6.21. The van der Waals surface area contributed by atoms with Crippen LogP contribution in [0.4, 0.5) is 5.69 Å². The zero-order chi connectivity index (χ0) is 14.9. The highest BCUT2D eigenvalue weighted by Gasteiger charge is 2.17. The van der Waals surface area contributed by atoms with E-state index in [-0.39, 0.29) is 0 Å². The zero-order valence-corrected chi connectivity index (χ0v) is 14.3. The van der Waals surface area contributed by atoms with Crippen LogP contribution in [-0.4, -0.2) is 18.1 Å². The Balaban J connectivity index is 1.69.